The Labute approximate surface area is 165 Å². The smallest absolute Gasteiger partial charge is 0.202 e. The predicted octanol–water partition coefficient (Wildman–Crippen LogP) is 6.79. The molecule has 0 aromatic heterocycles. The van der Waals surface area contributed by atoms with Gasteiger partial charge >= 0.3 is 0 Å². The Morgan fingerprint density at radius 1 is 0.625 bits per heavy atom. The van der Waals surface area contributed by atoms with Crippen LogP contribution in [-0.2, 0) is 0 Å². The third kappa shape index (κ3) is 2.36. The van der Waals surface area contributed by atoms with E-state index in [2.05, 4.69) is 0 Å². The molecule has 2 aliphatic rings. The minimum Gasteiger partial charge on any atom is -0.288 e. The predicted molar refractivity (Wildman–Crippen MR) is 100 cm³/mol. The molecule has 2 heterocycles. The summed E-state index contributed by atoms with van der Waals surface area (Å²) < 4.78 is 0. The van der Waals surface area contributed by atoms with Gasteiger partial charge in [0, 0.05) is 20.9 Å². The lowest BCUT2D eigenvalue weighted by Gasteiger charge is -2.01. The Morgan fingerprint density at radius 3 is 1.38 bits per heavy atom. The Morgan fingerprint density at radius 2 is 1.00 bits per heavy atom. The summed E-state index contributed by atoms with van der Waals surface area (Å²) in [4.78, 5) is 27.2. The molecule has 0 bridgehead atoms. The van der Waals surface area contributed by atoms with Crippen LogP contribution >= 0.6 is 69.9 Å². The number of fused-ring (bicyclic) bond motifs is 2. The average Bonchev–Trinajstić information content (AvgIpc) is 3.06. The van der Waals surface area contributed by atoms with Crippen LogP contribution in [0.4, 0.5) is 0 Å². The van der Waals surface area contributed by atoms with Gasteiger partial charge in [0.1, 0.15) is 0 Å². The van der Waals surface area contributed by atoms with E-state index in [9.17, 15) is 9.59 Å². The van der Waals surface area contributed by atoms with Gasteiger partial charge in [0.05, 0.1) is 29.9 Å². The summed E-state index contributed by atoms with van der Waals surface area (Å²) in [6.45, 7) is 0. The number of ketones is 2. The number of halogens is 4. The summed E-state index contributed by atoms with van der Waals surface area (Å²) in [6.07, 6.45) is 0. The number of Topliss-reactive ketones (excluding diaryl/α,β-unsaturated/α-hetero) is 2. The first-order valence-electron chi connectivity index (χ1n) is 6.55. The molecule has 2 nitrogen and oxygen atoms in total. The Balaban J connectivity index is 1.86. The molecule has 0 saturated heterocycles. The number of carbonyl (C=O) groups excluding carboxylic acids is 2. The van der Waals surface area contributed by atoms with Crippen molar-refractivity contribution in [2.24, 2.45) is 0 Å². The lowest BCUT2D eigenvalue weighted by atomic mass is 10.1. The summed E-state index contributed by atoms with van der Waals surface area (Å²) >= 11 is 26.7. The fourth-order valence-electron chi connectivity index (χ4n) is 2.46. The topological polar surface area (TPSA) is 34.1 Å². The van der Waals surface area contributed by atoms with E-state index in [0.717, 1.165) is 23.5 Å². The Hall–Kier alpha value is -0.620. The summed E-state index contributed by atoms with van der Waals surface area (Å²) in [7, 11) is 0. The van der Waals surface area contributed by atoms with E-state index in [-0.39, 0.29) is 11.6 Å². The molecule has 0 fully saturated rings. The number of allylic oxidation sites excluding steroid dienone is 2. The lowest BCUT2D eigenvalue weighted by Crippen LogP contribution is -2.01. The van der Waals surface area contributed by atoms with E-state index in [1.165, 1.54) is 0 Å². The highest BCUT2D eigenvalue weighted by Gasteiger charge is 2.38. The van der Waals surface area contributed by atoms with Crippen molar-refractivity contribution in [3.05, 3.63) is 65.3 Å². The number of hydrogen-bond donors (Lipinski definition) is 0. The zero-order valence-electron chi connectivity index (χ0n) is 11.5. The fraction of sp³-hybridized carbons (Fsp3) is 0. The van der Waals surface area contributed by atoms with Gasteiger partial charge in [0.25, 0.3) is 0 Å². The third-order valence-electron chi connectivity index (χ3n) is 3.62. The first kappa shape index (κ1) is 16.8. The second kappa shape index (κ2) is 5.97. The molecule has 120 valence electrons. The van der Waals surface area contributed by atoms with E-state index in [1.54, 1.807) is 24.3 Å². The molecule has 8 heteroatoms. The minimum absolute atomic E-state index is 0.237. The second-order valence-corrected chi connectivity index (χ2v) is 8.61. The van der Waals surface area contributed by atoms with Gasteiger partial charge in [-0.05, 0) is 24.3 Å². The van der Waals surface area contributed by atoms with Gasteiger partial charge in [-0.2, -0.15) is 0 Å². The first-order valence-corrected chi connectivity index (χ1v) is 9.70. The normalized spacial score (nSPS) is 19.0. The summed E-state index contributed by atoms with van der Waals surface area (Å²) in [5.41, 5.74) is 0.899. The zero-order valence-corrected chi connectivity index (χ0v) is 16.1. The average molecular weight is 434 g/mol. The van der Waals surface area contributed by atoms with E-state index in [0.29, 0.717) is 50.8 Å². The van der Waals surface area contributed by atoms with Crippen LogP contribution in [0.5, 0.6) is 0 Å². The molecular weight excluding hydrogens is 430 g/mol. The van der Waals surface area contributed by atoms with Crippen molar-refractivity contribution in [2.45, 2.75) is 9.79 Å². The van der Waals surface area contributed by atoms with Crippen LogP contribution in [0.25, 0.3) is 0 Å². The van der Waals surface area contributed by atoms with E-state index in [4.69, 9.17) is 46.4 Å². The van der Waals surface area contributed by atoms with Crippen LogP contribution in [0, 0.1) is 0 Å². The molecule has 4 rings (SSSR count). The SMILES string of the molecule is O=C1/C(=C2\Sc3c(ccc(Cl)c3Cl)C2=O)Sc2c1ccc(Cl)c2Cl. The summed E-state index contributed by atoms with van der Waals surface area (Å²) in [5.74, 6) is -0.473. The quantitative estimate of drug-likeness (QED) is 0.428. The molecular formula is C16H4Cl4O2S2. The number of benzene rings is 2. The highest BCUT2D eigenvalue weighted by atomic mass is 35.5. The van der Waals surface area contributed by atoms with Crippen molar-refractivity contribution >= 4 is 81.5 Å². The minimum atomic E-state index is -0.237. The third-order valence-corrected chi connectivity index (χ3v) is 8.02. The summed E-state index contributed by atoms with van der Waals surface area (Å²) in [5, 5.41) is 1.37. The Kier molecular flexibility index (Phi) is 4.19. The molecule has 24 heavy (non-hydrogen) atoms. The molecule has 2 aromatic carbocycles. The molecule has 0 unspecified atom stereocenters. The van der Waals surface area contributed by atoms with Gasteiger partial charge < -0.3 is 0 Å². The highest BCUT2D eigenvalue weighted by molar-refractivity contribution is 8.08. The van der Waals surface area contributed by atoms with Crippen LogP contribution in [0.15, 0.2) is 43.9 Å². The van der Waals surface area contributed by atoms with Crippen LogP contribution in [0.2, 0.25) is 20.1 Å². The monoisotopic (exact) mass is 432 g/mol. The molecule has 0 saturated carbocycles. The fourth-order valence-corrected chi connectivity index (χ4v) is 5.82. The van der Waals surface area contributed by atoms with E-state index >= 15 is 0 Å². The number of carbonyl (C=O) groups is 2. The van der Waals surface area contributed by atoms with E-state index in [1.807, 2.05) is 0 Å². The zero-order chi connectivity index (χ0) is 17.2. The maximum atomic E-state index is 12.7. The second-order valence-electron chi connectivity index (χ2n) is 5.00. The van der Waals surface area contributed by atoms with Gasteiger partial charge in [0.15, 0.2) is 0 Å². The highest BCUT2D eigenvalue weighted by Crippen LogP contribution is 2.54. The maximum absolute atomic E-state index is 12.7. The van der Waals surface area contributed by atoms with Gasteiger partial charge in [-0.25, -0.2) is 0 Å². The van der Waals surface area contributed by atoms with Crippen LogP contribution < -0.4 is 0 Å². The molecule has 2 aromatic rings. The molecule has 2 aliphatic heterocycles. The van der Waals surface area contributed by atoms with Gasteiger partial charge in [-0.3, -0.25) is 9.59 Å². The first-order chi connectivity index (χ1) is 11.4. The van der Waals surface area contributed by atoms with Crippen molar-refractivity contribution in [1.82, 2.24) is 0 Å². The molecule has 0 atom stereocenters. The van der Waals surface area contributed by atoms with E-state index < -0.39 is 0 Å². The standard InChI is InChI=1S/C16H4Cl4O2S2/c17-7-3-1-5-11(21)15(23-13(5)9(7)19)16-12(22)6-2-4-8(18)10(20)14(6)24-16/h1-4H/b16-15+. The molecule has 0 spiro atoms. The molecule has 0 amide bonds. The summed E-state index contributed by atoms with van der Waals surface area (Å²) in [6, 6.07) is 6.38. The largest absolute Gasteiger partial charge is 0.288 e. The van der Waals surface area contributed by atoms with Crippen molar-refractivity contribution in [3.63, 3.8) is 0 Å². The number of hydrogen-bond acceptors (Lipinski definition) is 4. The number of thioether (sulfide) groups is 2. The van der Waals surface area contributed by atoms with Gasteiger partial charge in [0.2, 0.25) is 11.6 Å². The van der Waals surface area contributed by atoms with Crippen LogP contribution in [0.1, 0.15) is 20.7 Å². The van der Waals surface area contributed by atoms with Crippen molar-refractivity contribution in [3.8, 4) is 0 Å². The van der Waals surface area contributed by atoms with Crippen LogP contribution in [-0.4, -0.2) is 11.6 Å². The van der Waals surface area contributed by atoms with Crippen molar-refractivity contribution < 1.29 is 9.59 Å². The lowest BCUT2D eigenvalue weighted by molar-refractivity contribution is 0.101. The maximum Gasteiger partial charge on any atom is 0.202 e. The number of rotatable bonds is 0. The van der Waals surface area contributed by atoms with Gasteiger partial charge in [-0.1, -0.05) is 69.9 Å². The molecule has 0 N–H and O–H groups in total. The molecule has 0 aliphatic carbocycles. The Bertz CT molecular complexity index is 919. The molecule has 0 radical (unpaired) electrons. The van der Waals surface area contributed by atoms with Crippen LogP contribution in [0.3, 0.4) is 0 Å². The van der Waals surface area contributed by atoms with Crippen molar-refractivity contribution in [2.75, 3.05) is 0 Å². The van der Waals surface area contributed by atoms with Gasteiger partial charge in [-0.15, -0.1) is 0 Å². The van der Waals surface area contributed by atoms with Crippen molar-refractivity contribution in [1.29, 1.82) is 0 Å².